The first-order valence-electron chi connectivity index (χ1n) is 4.37. The Bertz CT molecular complexity index is 367. The van der Waals surface area contributed by atoms with E-state index in [0.29, 0.717) is 0 Å². The lowest BCUT2D eigenvalue weighted by molar-refractivity contribution is -0.384. The van der Waals surface area contributed by atoms with Crippen LogP contribution < -0.4 is 5.73 Å². The number of rotatable bonds is 2. The predicted octanol–water partition coefficient (Wildman–Crippen LogP) is 2.10. The maximum atomic E-state index is 10.5. The molecule has 0 unspecified atom stereocenters. The fraction of sp³-hybridized carbons (Fsp3) is 0.400. The molecule has 0 saturated heterocycles. The van der Waals surface area contributed by atoms with Gasteiger partial charge in [0.25, 0.3) is 5.69 Å². The number of nitrogens with two attached hydrogens (primary N) is 1. The van der Waals surface area contributed by atoms with E-state index in [4.69, 9.17) is 5.73 Å². The highest BCUT2D eigenvalue weighted by Crippen LogP contribution is 2.24. The minimum absolute atomic E-state index is 0.107. The molecule has 0 aliphatic carbocycles. The minimum atomic E-state index is -0.459. The Balaban J connectivity index is 3.21. The lowest BCUT2D eigenvalue weighted by atomic mass is 9.91. The van der Waals surface area contributed by atoms with Gasteiger partial charge in [-0.2, -0.15) is 0 Å². The smallest absolute Gasteiger partial charge is 0.269 e. The van der Waals surface area contributed by atoms with Crippen LogP contribution in [0.2, 0.25) is 0 Å². The Morgan fingerprint density at radius 2 is 2.00 bits per heavy atom. The Labute approximate surface area is 82.9 Å². The van der Waals surface area contributed by atoms with Crippen LogP contribution in [0.4, 0.5) is 5.69 Å². The third-order valence-corrected chi connectivity index (χ3v) is 2.11. The molecule has 0 amide bonds. The van der Waals surface area contributed by atoms with Crippen LogP contribution in [0.3, 0.4) is 0 Å². The minimum Gasteiger partial charge on any atom is -0.322 e. The molecule has 0 atom stereocenters. The van der Waals surface area contributed by atoms with Gasteiger partial charge in [-0.15, -0.1) is 0 Å². The molecule has 4 nitrogen and oxygen atoms in total. The average Bonchev–Trinajstić information content (AvgIpc) is 2.01. The third kappa shape index (κ3) is 2.09. The monoisotopic (exact) mass is 194 g/mol. The zero-order chi connectivity index (χ0) is 10.9. The largest absolute Gasteiger partial charge is 0.322 e. The van der Waals surface area contributed by atoms with Crippen LogP contribution in [0.15, 0.2) is 18.2 Å². The topological polar surface area (TPSA) is 69.2 Å². The maximum absolute atomic E-state index is 10.5. The van der Waals surface area contributed by atoms with Crippen molar-refractivity contribution in [3.05, 3.63) is 39.4 Å². The van der Waals surface area contributed by atoms with Crippen LogP contribution in [0.25, 0.3) is 0 Å². The van der Waals surface area contributed by atoms with E-state index in [0.717, 1.165) is 11.1 Å². The van der Waals surface area contributed by atoms with Crippen LogP contribution in [0.1, 0.15) is 25.0 Å². The maximum Gasteiger partial charge on any atom is 0.269 e. The summed E-state index contributed by atoms with van der Waals surface area (Å²) in [7, 11) is 0. The van der Waals surface area contributed by atoms with Crippen molar-refractivity contribution >= 4 is 5.69 Å². The predicted molar refractivity (Wildman–Crippen MR) is 55.0 cm³/mol. The summed E-state index contributed by atoms with van der Waals surface area (Å²) in [5.41, 5.74) is 7.35. The van der Waals surface area contributed by atoms with Gasteiger partial charge in [0.2, 0.25) is 0 Å². The number of hydrogen-bond acceptors (Lipinski definition) is 3. The van der Waals surface area contributed by atoms with Crippen molar-refractivity contribution in [3.63, 3.8) is 0 Å². The Kier molecular flexibility index (Phi) is 2.57. The number of hydrogen-bond donors (Lipinski definition) is 1. The van der Waals surface area contributed by atoms with E-state index in [1.807, 2.05) is 20.8 Å². The van der Waals surface area contributed by atoms with E-state index in [2.05, 4.69) is 0 Å². The van der Waals surface area contributed by atoms with Crippen molar-refractivity contribution in [1.82, 2.24) is 0 Å². The molecule has 76 valence electrons. The molecule has 4 heteroatoms. The van der Waals surface area contributed by atoms with Gasteiger partial charge in [0.15, 0.2) is 0 Å². The second kappa shape index (κ2) is 3.38. The first kappa shape index (κ1) is 10.7. The molecule has 2 N–H and O–H groups in total. The van der Waals surface area contributed by atoms with Gasteiger partial charge < -0.3 is 5.73 Å². The molecule has 0 radical (unpaired) electrons. The molecule has 0 heterocycles. The van der Waals surface area contributed by atoms with Crippen molar-refractivity contribution in [3.8, 4) is 0 Å². The van der Waals surface area contributed by atoms with Gasteiger partial charge in [-0.1, -0.05) is 6.07 Å². The molecular weight excluding hydrogens is 180 g/mol. The van der Waals surface area contributed by atoms with E-state index in [1.165, 1.54) is 6.07 Å². The summed E-state index contributed by atoms with van der Waals surface area (Å²) in [4.78, 5) is 10.1. The molecular formula is C10H14N2O2. The Morgan fingerprint density at radius 1 is 1.43 bits per heavy atom. The molecule has 0 bridgehead atoms. The van der Waals surface area contributed by atoms with E-state index in [1.54, 1.807) is 12.1 Å². The number of aryl methyl sites for hydroxylation is 1. The van der Waals surface area contributed by atoms with E-state index in [-0.39, 0.29) is 5.69 Å². The second-order valence-electron chi connectivity index (χ2n) is 3.98. The molecule has 1 aromatic carbocycles. The van der Waals surface area contributed by atoms with E-state index < -0.39 is 10.5 Å². The van der Waals surface area contributed by atoms with Crippen molar-refractivity contribution in [2.75, 3.05) is 0 Å². The summed E-state index contributed by atoms with van der Waals surface area (Å²) < 4.78 is 0. The number of nitrogens with zero attached hydrogens (tertiary/aromatic N) is 1. The van der Waals surface area contributed by atoms with Gasteiger partial charge in [0.05, 0.1) is 4.92 Å². The number of non-ortho nitro benzene ring substituents is 1. The molecule has 0 aliphatic rings. The fourth-order valence-electron chi connectivity index (χ4n) is 1.48. The van der Waals surface area contributed by atoms with Gasteiger partial charge in [0, 0.05) is 17.7 Å². The second-order valence-corrected chi connectivity index (χ2v) is 3.98. The van der Waals surface area contributed by atoms with Gasteiger partial charge in [-0.05, 0) is 31.9 Å². The zero-order valence-electron chi connectivity index (χ0n) is 8.57. The highest BCUT2D eigenvalue weighted by atomic mass is 16.6. The summed E-state index contributed by atoms with van der Waals surface area (Å²) in [6.07, 6.45) is 0. The number of nitro benzene ring substituents is 1. The van der Waals surface area contributed by atoms with Gasteiger partial charge in [-0.3, -0.25) is 10.1 Å². The van der Waals surface area contributed by atoms with Gasteiger partial charge in [0.1, 0.15) is 0 Å². The van der Waals surface area contributed by atoms with Crippen LogP contribution in [0, 0.1) is 17.0 Å². The third-order valence-electron chi connectivity index (χ3n) is 2.11. The van der Waals surface area contributed by atoms with Crippen LogP contribution in [0.5, 0.6) is 0 Å². The molecule has 0 aliphatic heterocycles. The SMILES string of the molecule is Cc1cc([N+](=O)[O-])ccc1C(C)(C)N. The first-order valence-corrected chi connectivity index (χ1v) is 4.37. The summed E-state index contributed by atoms with van der Waals surface area (Å²) in [6, 6.07) is 4.74. The average molecular weight is 194 g/mol. The zero-order valence-corrected chi connectivity index (χ0v) is 8.57. The van der Waals surface area contributed by atoms with Gasteiger partial charge in [-0.25, -0.2) is 0 Å². The normalized spacial score (nSPS) is 11.4. The molecule has 0 fully saturated rings. The molecule has 1 rings (SSSR count). The highest BCUT2D eigenvalue weighted by molar-refractivity contribution is 5.41. The van der Waals surface area contributed by atoms with Crippen LogP contribution in [-0.2, 0) is 5.54 Å². The summed E-state index contributed by atoms with van der Waals surface area (Å²) in [5.74, 6) is 0. The van der Waals surface area contributed by atoms with Gasteiger partial charge >= 0.3 is 0 Å². The van der Waals surface area contributed by atoms with E-state index >= 15 is 0 Å². The van der Waals surface area contributed by atoms with Crippen LogP contribution >= 0.6 is 0 Å². The molecule has 0 saturated carbocycles. The summed E-state index contributed by atoms with van der Waals surface area (Å²) in [6.45, 7) is 5.58. The number of nitro groups is 1. The van der Waals surface area contributed by atoms with Crippen molar-refractivity contribution in [1.29, 1.82) is 0 Å². The highest BCUT2D eigenvalue weighted by Gasteiger charge is 2.18. The van der Waals surface area contributed by atoms with Crippen molar-refractivity contribution < 1.29 is 4.92 Å². The Morgan fingerprint density at radius 3 is 2.36 bits per heavy atom. The fourth-order valence-corrected chi connectivity index (χ4v) is 1.48. The number of benzene rings is 1. The quantitative estimate of drug-likeness (QED) is 0.579. The molecule has 0 spiro atoms. The first-order chi connectivity index (χ1) is 6.32. The van der Waals surface area contributed by atoms with Crippen molar-refractivity contribution in [2.45, 2.75) is 26.3 Å². The lowest BCUT2D eigenvalue weighted by Gasteiger charge is -2.21. The molecule has 0 aromatic heterocycles. The standard InChI is InChI=1S/C10H14N2O2/c1-7-6-8(12(13)14)4-5-9(7)10(2,3)11/h4-6H,11H2,1-3H3. The lowest BCUT2D eigenvalue weighted by Crippen LogP contribution is -2.29. The Hall–Kier alpha value is -1.42. The molecule has 14 heavy (non-hydrogen) atoms. The summed E-state index contributed by atoms with van der Waals surface area (Å²) >= 11 is 0. The van der Waals surface area contributed by atoms with E-state index in [9.17, 15) is 10.1 Å². The van der Waals surface area contributed by atoms with Crippen molar-refractivity contribution in [2.24, 2.45) is 5.73 Å². The molecule has 1 aromatic rings. The summed E-state index contributed by atoms with van der Waals surface area (Å²) in [5, 5.41) is 10.5. The van der Waals surface area contributed by atoms with Crippen LogP contribution in [-0.4, -0.2) is 4.92 Å².